The van der Waals surface area contributed by atoms with E-state index in [9.17, 15) is 9.90 Å². The highest BCUT2D eigenvalue weighted by molar-refractivity contribution is 5.82. The second-order valence-electron chi connectivity index (χ2n) is 3.72. The molecular formula is C12H11N5O3. The van der Waals surface area contributed by atoms with Gasteiger partial charge in [-0.25, -0.2) is 9.78 Å². The van der Waals surface area contributed by atoms with Crippen molar-refractivity contribution in [2.24, 2.45) is 10.2 Å². The van der Waals surface area contributed by atoms with Crippen molar-refractivity contribution >= 4 is 29.1 Å². The van der Waals surface area contributed by atoms with Crippen LogP contribution in [0.4, 0.5) is 27.8 Å². The van der Waals surface area contributed by atoms with Crippen LogP contribution in [0.2, 0.25) is 0 Å². The van der Waals surface area contributed by atoms with Crippen molar-refractivity contribution in [1.82, 2.24) is 4.98 Å². The molecule has 1 aromatic heterocycles. The molecule has 1 aromatic carbocycles. The van der Waals surface area contributed by atoms with Gasteiger partial charge in [-0.05, 0) is 24.3 Å². The van der Waals surface area contributed by atoms with E-state index in [0.29, 0.717) is 5.69 Å². The quantitative estimate of drug-likeness (QED) is 0.638. The number of nitrogen functional groups attached to an aromatic ring is 1. The second-order valence-corrected chi connectivity index (χ2v) is 3.72. The van der Waals surface area contributed by atoms with E-state index in [0.717, 1.165) is 0 Å². The number of para-hydroxylation sites is 1. The minimum absolute atomic E-state index is 0.00746. The molecule has 1 amide bonds. The van der Waals surface area contributed by atoms with E-state index in [1.54, 1.807) is 18.2 Å². The number of aromatic hydroxyl groups is 1. The third-order valence-electron chi connectivity index (χ3n) is 2.28. The van der Waals surface area contributed by atoms with Crippen molar-refractivity contribution in [1.29, 1.82) is 0 Å². The largest absolute Gasteiger partial charge is 0.506 e. The number of phenolic OH excluding ortho intramolecular Hbond substituents is 1. The number of carboxylic acid groups (broad SMARTS) is 1. The fourth-order valence-corrected chi connectivity index (χ4v) is 1.39. The lowest BCUT2D eigenvalue weighted by Crippen LogP contribution is -2.09. The number of nitrogens with one attached hydrogen (secondary N) is 1. The monoisotopic (exact) mass is 273 g/mol. The third kappa shape index (κ3) is 3.19. The molecule has 1 heterocycles. The molecule has 5 N–H and O–H groups in total. The SMILES string of the molecule is Nc1nc(NC(=O)O)ccc1/N=N/c1ccccc1O. The molecule has 0 unspecified atom stereocenters. The third-order valence-corrected chi connectivity index (χ3v) is 2.28. The molecule has 0 bridgehead atoms. The van der Waals surface area contributed by atoms with Gasteiger partial charge in [-0.3, -0.25) is 5.32 Å². The fraction of sp³-hybridized carbons (Fsp3) is 0. The smallest absolute Gasteiger partial charge is 0.410 e. The average Bonchev–Trinajstić information content (AvgIpc) is 2.39. The molecular weight excluding hydrogens is 262 g/mol. The topological polar surface area (TPSA) is 133 Å². The number of nitrogens with zero attached hydrogens (tertiary/aromatic N) is 3. The van der Waals surface area contributed by atoms with Crippen LogP contribution in [0.1, 0.15) is 0 Å². The van der Waals surface area contributed by atoms with Gasteiger partial charge in [0.1, 0.15) is 22.9 Å². The number of rotatable bonds is 3. The molecule has 2 aromatic rings. The Hall–Kier alpha value is -3.16. The number of hydrogen-bond donors (Lipinski definition) is 4. The van der Waals surface area contributed by atoms with Gasteiger partial charge in [0.05, 0.1) is 0 Å². The van der Waals surface area contributed by atoms with Crippen LogP contribution in [0.15, 0.2) is 46.6 Å². The van der Waals surface area contributed by atoms with Crippen molar-refractivity contribution in [2.75, 3.05) is 11.1 Å². The Morgan fingerprint density at radius 1 is 1.15 bits per heavy atom. The van der Waals surface area contributed by atoms with E-state index in [4.69, 9.17) is 10.8 Å². The second kappa shape index (κ2) is 5.65. The van der Waals surface area contributed by atoms with Crippen LogP contribution in [-0.4, -0.2) is 21.3 Å². The number of hydrogen-bond acceptors (Lipinski definition) is 6. The first-order valence-electron chi connectivity index (χ1n) is 5.52. The normalized spacial score (nSPS) is 10.6. The molecule has 0 spiro atoms. The van der Waals surface area contributed by atoms with E-state index in [1.807, 2.05) is 0 Å². The van der Waals surface area contributed by atoms with Crippen LogP contribution >= 0.6 is 0 Å². The van der Waals surface area contributed by atoms with Crippen molar-refractivity contribution in [2.45, 2.75) is 0 Å². The number of phenols is 1. The number of nitrogens with two attached hydrogens (primary N) is 1. The molecule has 0 fully saturated rings. The Balaban J connectivity index is 2.22. The summed E-state index contributed by atoms with van der Waals surface area (Å²) >= 11 is 0. The number of anilines is 2. The number of carbonyl (C=O) groups is 1. The predicted molar refractivity (Wildman–Crippen MR) is 72.6 cm³/mol. The summed E-state index contributed by atoms with van der Waals surface area (Å²) in [6, 6.07) is 9.31. The van der Waals surface area contributed by atoms with E-state index < -0.39 is 6.09 Å². The maximum Gasteiger partial charge on any atom is 0.410 e. The maximum atomic E-state index is 10.5. The van der Waals surface area contributed by atoms with Crippen LogP contribution < -0.4 is 11.1 Å². The first-order chi connectivity index (χ1) is 9.56. The lowest BCUT2D eigenvalue weighted by Gasteiger charge is -2.03. The van der Waals surface area contributed by atoms with Crippen molar-refractivity contribution in [3.63, 3.8) is 0 Å². The van der Waals surface area contributed by atoms with Crippen molar-refractivity contribution in [3.05, 3.63) is 36.4 Å². The molecule has 8 heteroatoms. The van der Waals surface area contributed by atoms with Gasteiger partial charge in [0.25, 0.3) is 0 Å². The Morgan fingerprint density at radius 2 is 1.85 bits per heavy atom. The van der Waals surface area contributed by atoms with Gasteiger partial charge in [0.2, 0.25) is 0 Å². The standard InChI is InChI=1S/C12H11N5O3/c13-11-8(5-6-10(14-11)15-12(19)20)17-16-7-3-1-2-4-9(7)18/h1-6,18H,(H,19,20)(H3,13,14,15)/b17-16+. The zero-order valence-electron chi connectivity index (χ0n) is 10.2. The number of amides is 1. The molecule has 0 saturated heterocycles. The summed E-state index contributed by atoms with van der Waals surface area (Å²) in [6.45, 7) is 0. The molecule has 0 radical (unpaired) electrons. The van der Waals surface area contributed by atoms with Gasteiger partial charge in [-0.2, -0.15) is 0 Å². The molecule has 0 aliphatic heterocycles. The van der Waals surface area contributed by atoms with Crippen molar-refractivity contribution < 1.29 is 15.0 Å². The first-order valence-corrected chi connectivity index (χ1v) is 5.52. The summed E-state index contributed by atoms with van der Waals surface area (Å²) in [5, 5.41) is 27.8. The van der Waals surface area contributed by atoms with E-state index in [2.05, 4.69) is 20.5 Å². The number of azo groups is 1. The Labute approximate surface area is 113 Å². The fourth-order valence-electron chi connectivity index (χ4n) is 1.39. The summed E-state index contributed by atoms with van der Waals surface area (Å²) in [6.07, 6.45) is -1.24. The lowest BCUT2D eigenvalue weighted by atomic mass is 10.3. The van der Waals surface area contributed by atoms with Gasteiger partial charge in [-0.15, -0.1) is 10.2 Å². The Kier molecular flexibility index (Phi) is 3.75. The summed E-state index contributed by atoms with van der Waals surface area (Å²) in [5.74, 6) is 0.110. The minimum atomic E-state index is -1.24. The van der Waals surface area contributed by atoms with Gasteiger partial charge in [0.15, 0.2) is 5.82 Å². The first kappa shape index (κ1) is 13.3. The minimum Gasteiger partial charge on any atom is -0.506 e. The van der Waals surface area contributed by atoms with E-state index in [-0.39, 0.29) is 23.1 Å². The maximum absolute atomic E-state index is 10.5. The summed E-state index contributed by atoms with van der Waals surface area (Å²) in [5.41, 5.74) is 6.20. The highest BCUT2D eigenvalue weighted by Gasteiger charge is 2.04. The van der Waals surface area contributed by atoms with Crippen LogP contribution in [-0.2, 0) is 0 Å². The van der Waals surface area contributed by atoms with Gasteiger partial charge in [-0.1, -0.05) is 12.1 Å². The molecule has 20 heavy (non-hydrogen) atoms. The molecule has 8 nitrogen and oxygen atoms in total. The van der Waals surface area contributed by atoms with E-state index in [1.165, 1.54) is 18.2 Å². The zero-order valence-corrected chi connectivity index (χ0v) is 10.2. The molecule has 0 atom stereocenters. The highest BCUT2D eigenvalue weighted by atomic mass is 16.4. The van der Waals surface area contributed by atoms with Crippen LogP contribution in [0, 0.1) is 0 Å². The van der Waals surface area contributed by atoms with E-state index >= 15 is 0 Å². The van der Waals surface area contributed by atoms with Crippen LogP contribution in [0.5, 0.6) is 5.75 Å². The molecule has 102 valence electrons. The average molecular weight is 273 g/mol. The van der Waals surface area contributed by atoms with Crippen molar-refractivity contribution in [3.8, 4) is 5.75 Å². The highest BCUT2D eigenvalue weighted by Crippen LogP contribution is 2.29. The van der Waals surface area contributed by atoms with Gasteiger partial charge < -0.3 is 15.9 Å². The predicted octanol–water partition coefficient (Wildman–Crippen LogP) is 2.87. The summed E-state index contributed by atoms with van der Waals surface area (Å²) < 4.78 is 0. The number of aromatic nitrogens is 1. The van der Waals surface area contributed by atoms with Gasteiger partial charge >= 0.3 is 6.09 Å². The number of benzene rings is 1. The Bertz CT molecular complexity index is 672. The molecule has 0 aliphatic rings. The molecule has 2 rings (SSSR count). The van der Waals surface area contributed by atoms with Crippen LogP contribution in [0.25, 0.3) is 0 Å². The number of pyridine rings is 1. The Morgan fingerprint density at radius 3 is 2.50 bits per heavy atom. The summed E-state index contributed by atoms with van der Waals surface area (Å²) in [4.78, 5) is 14.3. The molecule has 0 saturated carbocycles. The summed E-state index contributed by atoms with van der Waals surface area (Å²) in [7, 11) is 0. The van der Waals surface area contributed by atoms with Gasteiger partial charge in [0, 0.05) is 0 Å². The zero-order chi connectivity index (χ0) is 14.5. The molecule has 0 aliphatic carbocycles. The van der Waals surface area contributed by atoms with Crippen LogP contribution in [0.3, 0.4) is 0 Å². The lowest BCUT2D eigenvalue weighted by molar-refractivity contribution is 0.209.